The monoisotopic (exact) mass is 581 g/mol. The second kappa shape index (κ2) is 11.8. The molecule has 198 valence electrons. The molecular formula is C24H26BrF2N5O5. The van der Waals surface area contributed by atoms with Crippen molar-refractivity contribution in [2.24, 2.45) is 0 Å². The third-order valence-corrected chi connectivity index (χ3v) is 6.85. The number of aromatic nitrogens is 1. The predicted molar refractivity (Wildman–Crippen MR) is 134 cm³/mol. The minimum atomic E-state index is -3.04. The Hall–Kier alpha value is -3.35. The van der Waals surface area contributed by atoms with Gasteiger partial charge in [0.05, 0.1) is 22.2 Å². The van der Waals surface area contributed by atoms with E-state index in [1.165, 1.54) is 23.2 Å². The maximum absolute atomic E-state index is 13.4. The van der Waals surface area contributed by atoms with Gasteiger partial charge in [-0.15, -0.1) is 0 Å². The van der Waals surface area contributed by atoms with Gasteiger partial charge in [0.15, 0.2) is 0 Å². The van der Waals surface area contributed by atoms with E-state index < -0.39 is 17.4 Å². The molecular weight excluding hydrogens is 556 g/mol. The lowest BCUT2D eigenvalue weighted by Crippen LogP contribution is -2.45. The number of amides is 2. The number of piperidine rings is 2. The van der Waals surface area contributed by atoms with Crippen LogP contribution in [-0.4, -0.2) is 70.4 Å². The number of likely N-dealkylation sites (tertiary alicyclic amines) is 2. The number of pyridine rings is 1. The first kappa shape index (κ1) is 26.7. The Balaban J connectivity index is 1.56. The molecule has 1 aromatic carbocycles. The minimum absolute atomic E-state index is 0.0920. The summed E-state index contributed by atoms with van der Waals surface area (Å²) in [6, 6.07) is 3.76. The number of ether oxygens (including phenoxy) is 1. The van der Waals surface area contributed by atoms with Gasteiger partial charge in [0.1, 0.15) is 11.4 Å². The van der Waals surface area contributed by atoms with Gasteiger partial charge >= 0.3 is 6.61 Å². The SMILES string of the molecule is O=C(c1cncc(OC(F)F)c1)N1CCC[C@@H](Nc2c(C(=O)N3CCCCC3)cc(Br)cc2[N+](=O)[O-])C1. The molecule has 1 N–H and O–H groups in total. The molecule has 1 atom stereocenters. The van der Waals surface area contributed by atoms with Gasteiger partial charge in [0, 0.05) is 49.0 Å². The highest BCUT2D eigenvalue weighted by atomic mass is 79.9. The first-order chi connectivity index (χ1) is 17.7. The molecule has 2 aliphatic heterocycles. The third-order valence-electron chi connectivity index (χ3n) is 6.40. The number of rotatable bonds is 7. The van der Waals surface area contributed by atoms with Crippen LogP contribution in [0.25, 0.3) is 0 Å². The zero-order valence-electron chi connectivity index (χ0n) is 19.9. The molecule has 10 nitrogen and oxygen atoms in total. The van der Waals surface area contributed by atoms with E-state index in [4.69, 9.17) is 0 Å². The van der Waals surface area contributed by atoms with E-state index in [0.717, 1.165) is 25.5 Å². The van der Waals surface area contributed by atoms with E-state index in [-0.39, 0.29) is 46.7 Å². The first-order valence-electron chi connectivity index (χ1n) is 12.0. The van der Waals surface area contributed by atoms with Crippen LogP contribution in [0, 0.1) is 10.1 Å². The van der Waals surface area contributed by atoms with E-state index in [9.17, 15) is 28.5 Å². The summed E-state index contributed by atoms with van der Waals surface area (Å²) in [5.74, 6) is -0.926. The Kier molecular flexibility index (Phi) is 8.52. The number of hydrogen-bond acceptors (Lipinski definition) is 7. The fourth-order valence-corrected chi connectivity index (χ4v) is 5.14. The fourth-order valence-electron chi connectivity index (χ4n) is 4.69. The Morgan fingerprint density at radius 1 is 1.08 bits per heavy atom. The predicted octanol–water partition coefficient (Wildman–Crippen LogP) is 4.70. The molecule has 3 heterocycles. The Morgan fingerprint density at radius 2 is 1.81 bits per heavy atom. The van der Waals surface area contributed by atoms with Crippen molar-refractivity contribution in [2.45, 2.75) is 44.8 Å². The van der Waals surface area contributed by atoms with Crippen LogP contribution in [0.1, 0.15) is 52.8 Å². The average Bonchev–Trinajstić information content (AvgIpc) is 2.89. The fraction of sp³-hybridized carbons (Fsp3) is 0.458. The lowest BCUT2D eigenvalue weighted by Gasteiger charge is -2.34. The number of anilines is 1. The summed E-state index contributed by atoms with van der Waals surface area (Å²) < 4.78 is 29.9. The number of nitrogens with zero attached hydrogens (tertiary/aromatic N) is 4. The van der Waals surface area contributed by atoms with Crippen molar-refractivity contribution in [1.82, 2.24) is 14.8 Å². The van der Waals surface area contributed by atoms with Crippen molar-refractivity contribution in [1.29, 1.82) is 0 Å². The van der Waals surface area contributed by atoms with Crippen molar-refractivity contribution >= 4 is 39.1 Å². The topological polar surface area (TPSA) is 118 Å². The summed E-state index contributed by atoms with van der Waals surface area (Å²) in [6.07, 6.45) is 6.37. The molecule has 2 aliphatic rings. The van der Waals surface area contributed by atoms with Crippen LogP contribution >= 0.6 is 15.9 Å². The van der Waals surface area contributed by atoms with Crippen LogP contribution in [-0.2, 0) is 0 Å². The number of nitro benzene ring substituents is 1. The summed E-state index contributed by atoms with van der Waals surface area (Å²) in [5.41, 5.74) is 0.179. The van der Waals surface area contributed by atoms with Crippen LogP contribution in [0.15, 0.2) is 35.1 Å². The van der Waals surface area contributed by atoms with Gasteiger partial charge in [0.25, 0.3) is 17.5 Å². The number of alkyl halides is 2. The normalized spacial score (nSPS) is 18.0. The minimum Gasteiger partial charge on any atom is -0.433 e. The second-order valence-corrected chi connectivity index (χ2v) is 9.90. The van der Waals surface area contributed by atoms with Crippen molar-refractivity contribution in [3.8, 4) is 5.75 Å². The van der Waals surface area contributed by atoms with Crippen molar-refractivity contribution in [2.75, 3.05) is 31.5 Å². The molecule has 2 amide bonds. The third kappa shape index (κ3) is 6.51. The van der Waals surface area contributed by atoms with Crippen LogP contribution in [0.3, 0.4) is 0 Å². The summed E-state index contributed by atoms with van der Waals surface area (Å²) in [6.45, 7) is -1.25. The molecule has 0 aliphatic carbocycles. The quantitative estimate of drug-likeness (QED) is 0.372. The lowest BCUT2D eigenvalue weighted by atomic mass is 10.0. The smallest absolute Gasteiger partial charge is 0.387 e. The molecule has 0 spiro atoms. The number of halogens is 3. The molecule has 2 fully saturated rings. The Labute approximate surface area is 220 Å². The summed E-state index contributed by atoms with van der Waals surface area (Å²) in [4.78, 5) is 44.9. The van der Waals surface area contributed by atoms with Crippen LogP contribution in [0.5, 0.6) is 5.75 Å². The molecule has 0 bridgehead atoms. The second-order valence-electron chi connectivity index (χ2n) is 8.98. The molecule has 2 saturated heterocycles. The van der Waals surface area contributed by atoms with Crippen molar-refractivity contribution < 1.29 is 28.0 Å². The summed E-state index contributed by atoms with van der Waals surface area (Å²) in [5, 5.41) is 15.1. The Morgan fingerprint density at radius 3 is 2.51 bits per heavy atom. The van der Waals surface area contributed by atoms with E-state index in [1.54, 1.807) is 11.0 Å². The van der Waals surface area contributed by atoms with Gasteiger partial charge in [-0.2, -0.15) is 8.78 Å². The van der Waals surface area contributed by atoms with Crippen molar-refractivity contribution in [3.63, 3.8) is 0 Å². The zero-order chi connectivity index (χ0) is 26.5. The number of nitrogens with one attached hydrogen (secondary N) is 1. The average molecular weight is 582 g/mol. The molecule has 1 aromatic heterocycles. The van der Waals surface area contributed by atoms with Gasteiger partial charge in [-0.25, -0.2) is 0 Å². The van der Waals surface area contributed by atoms with Crippen LogP contribution < -0.4 is 10.1 Å². The van der Waals surface area contributed by atoms with E-state index in [0.29, 0.717) is 36.9 Å². The van der Waals surface area contributed by atoms with E-state index in [1.807, 2.05) is 0 Å². The molecule has 0 radical (unpaired) electrons. The Bertz CT molecular complexity index is 1180. The van der Waals surface area contributed by atoms with Gasteiger partial charge in [-0.05, 0) is 44.2 Å². The highest BCUT2D eigenvalue weighted by molar-refractivity contribution is 9.10. The number of hydrogen-bond donors (Lipinski definition) is 1. The van der Waals surface area contributed by atoms with E-state index >= 15 is 0 Å². The largest absolute Gasteiger partial charge is 0.433 e. The highest BCUT2D eigenvalue weighted by Gasteiger charge is 2.31. The number of carbonyl (C=O) groups is 2. The first-order valence-corrected chi connectivity index (χ1v) is 12.7. The summed E-state index contributed by atoms with van der Waals surface area (Å²) in [7, 11) is 0. The van der Waals surface area contributed by atoms with Gasteiger partial charge in [-0.1, -0.05) is 15.9 Å². The maximum Gasteiger partial charge on any atom is 0.387 e. The van der Waals surface area contributed by atoms with Gasteiger partial charge in [-0.3, -0.25) is 24.7 Å². The van der Waals surface area contributed by atoms with E-state index in [2.05, 4.69) is 31.0 Å². The molecule has 0 saturated carbocycles. The summed E-state index contributed by atoms with van der Waals surface area (Å²) >= 11 is 3.29. The van der Waals surface area contributed by atoms with Crippen LogP contribution in [0.4, 0.5) is 20.2 Å². The molecule has 2 aromatic rings. The van der Waals surface area contributed by atoms with Gasteiger partial charge in [0.2, 0.25) is 0 Å². The highest BCUT2D eigenvalue weighted by Crippen LogP contribution is 2.35. The molecule has 0 unspecified atom stereocenters. The maximum atomic E-state index is 13.4. The lowest BCUT2D eigenvalue weighted by molar-refractivity contribution is -0.384. The number of carbonyl (C=O) groups excluding carboxylic acids is 2. The van der Waals surface area contributed by atoms with Crippen molar-refractivity contribution in [3.05, 3.63) is 56.3 Å². The zero-order valence-corrected chi connectivity index (χ0v) is 21.5. The number of nitro groups is 1. The standard InChI is InChI=1S/C24H26BrF2N5O5/c25-16-10-19(23(34)30-6-2-1-3-7-30)21(20(11-16)32(35)36)29-17-5-4-8-31(14-17)22(33)15-9-18(13-28-12-15)37-24(26)27/h9-13,17,24,29H,1-8,14H2/t17-/m1/s1. The van der Waals surface area contributed by atoms with Crippen LogP contribution in [0.2, 0.25) is 0 Å². The molecule has 13 heteroatoms. The number of benzene rings is 1. The van der Waals surface area contributed by atoms with Gasteiger partial charge < -0.3 is 19.9 Å². The molecule has 4 rings (SSSR count). The molecule has 37 heavy (non-hydrogen) atoms.